The van der Waals surface area contributed by atoms with Crippen LogP contribution in [0.1, 0.15) is 25.7 Å². The fraction of sp³-hybridized carbons (Fsp3) is 0.450. The number of hydrogen-bond donors (Lipinski definition) is 1. The summed E-state index contributed by atoms with van der Waals surface area (Å²) >= 11 is 1.21. The van der Waals surface area contributed by atoms with E-state index in [4.69, 9.17) is 0 Å². The Kier molecular flexibility index (Phi) is 5.70. The van der Waals surface area contributed by atoms with Crippen molar-refractivity contribution in [2.75, 3.05) is 36.4 Å². The highest BCUT2D eigenvalue weighted by Gasteiger charge is 2.33. The molecule has 0 bridgehead atoms. The Bertz CT molecular complexity index is 905. The molecule has 6 nitrogen and oxygen atoms in total. The van der Waals surface area contributed by atoms with Crippen molar-refractivity contribution < 1.29 is 13.2 Å². The van der Waals surface area contributed by atoms with E-state index >= 15 is 0 Å². The smallest absolute Gasteiger partial charge is 0.252 e. The number of nitrogens with zero attached hydrogens (tertiary/aromatic N) is 2. The van der Waals surface area contributed by atoms with E-state index in [9.17, 15) is 13.2 Å². The molecular weight excluding hydrogens is 394 g/mol. The average Bonchev–Trinajstić information content (AvgIpc) is 3.43. The highest BCUT2D eigenvalue weighted by molar-refractivity contribution is 7.91. The Morgan fingerprint density at radius 2 is 1.79 bits per heavy atom. The molecule has 0 radical (unpaired) electrons. The highest BCUT2D eigenvalue weighted by atomic mass is 32.2. The monoisotopic (exact) mass is 419 g/mol. The van der Waals surface area contributed by atoms with Gasteiger partial charge in [-0.2, -0.15) is 4.31 Å². The third-order valence-corrected chi connectivity index (χ3v) is 8.69. The van der Waals surface area contributed by atoms with E-state index in [1.807, 2.05) is 24.3 Å². The Morgan fingerprint density at radius 3 is 2.46 bits per heavy atom. The fourth-order valence-electron chi connectivity index (χ4n) is 3.89. The summed E-state index contributed by atoms with van der Waals surface area (Å²) < 4.78 is 27.3. The first-order chi connectivity index (χ1) is 13.5. The van der Waals surface area contributed by atoms with E-state index < -0.39 is 10.0 Å². The molecule has 150 valence electrons. The molecule has 8 heteroatoms. The van der Waals surface area contributed by atoms with Crippen LogP contribution in [0.15, 0.2) is 46.0 Å². The summed E-state index contributed by atoms with van der Waals surface area (Å²) in [6.45, 7) is 2.87. The predicted octanol–water partition coefficient (Wildman–Crippen LogP) is 3.39. The summed E-state index contributed by atoms with van der Waals surface area (Å²) in [6, 6.07) is 11.3. The molecule has 28 heavy (non-hydrogen) atoms. The van der Waals surface area contributed by atoms with E-state index in [0.29, 0.717) is 23.6 Å². The molecule has 0 spiro atoms. The molecule has 1 atom stereocenters. The second-order valence-electron chi connectivity index (χ2n) is 7.36. The van der Waals surface area contributed by atoms with Gasteiger partial charge in [-0.3, -0.25) is 4.79 Å². The van der Waals surface area contributed by atoms with Crippen LogP contribution in [0.3, 0.4) is 0 Å². The zero-order valence-electron chi connectivity index (χ0n) is 15.7. The van der Waals surface area contributed by atoms with Crippen molar-refractivity contribution in [3.8, 4) is 0 Å². The van der Waals surface area contributed by atoms with Crippen LogP contribution in [0.4, 0.5) is 11.4 Å². The van der Waals surface area contributed by atoms with Gasteiger partial charge in [0.25, 0.3) is 10.0 Å². The molecule has 1 unspecified atom stereocenters. The number of hydrogen-bond acceptors (Lipinski definition) is 5. The molecule has 2 aliphatic heterocycles. The lowest BCUT2D eigenvalue weighted by molar-refractivity contribution is -0.120. The second kappa shape index (κ2) is 8.23. The minimum atomic E-state index is -3.51. The summed E-state index contributed by atoms with van der Waals surface area (Å²) in [5.74, 6) is -0.443. The van der Waals surface area contributed by atoms with Gasteiger partial charge in [0, 0.05) is 37.6 Å². The lowest BCUT2D eigenvalue weighted by Crippen LogP contribution is -2.43. The number of nitrogens with one attached hydrogen (secondary N) is 1. The molecule has 1 aromatic carbocycles. The van der Waals surface area contributed by atoms with Crippen LogP contribution in [0.5, 0.6) is 0 Å². The Balaban J connectivity index is 1.39. The normalized spacial score (nSPS) is 21.0. The molecule has 1 amide bonds. The van der Waals surface area contributed by atoms with Crippen LogP contribution in [-0.2, 0) is 14.8 Å². The Morgan fingerprint density at radius 1 is 1.04 bits per heavy atom. The maximum absolute atomic E-state index is 12.7. The van der Waals surface area contributed by atoms with Gasteiger partial charge in [0.1, 0.15) is 4.21 Å². The Labute approximate surface area is 170 Å². The summed E-state index contributed by atoms with van der Waals surface area (Å²) in [5.41, 5.74) is 1.94. The number of carbonyl (C=O) groups excluding carboxylic acids is 1. The van der Waals surface area contributed by atoms with Crippen molar-refractivity contribution in [3.05, 3.63) is 41.8 Å². The minimum Gasteiger partial charge on any atom is -0.372 e. The zero-order chi connectivity index (χ0) is 19.6. The number of piperidine rings is 1. The van der Waals surface area contributed by atoms with Gasteiger partial charge in [0.05, 0.1) is 5.92 Å². The number of amides is 1. The zero-order valence-corrected chi connectivity index (χ0v) is 17.3. The van der Waals surface area contributed by atoms with Gasteiger partial charge in [-0.15, -0.1) is 11.3 Å². The molecule has 2 aromatic rings. The van der Waals surface area contributed by atoms with Crippen LogP contribution in [0.2, 0.25) is 0 Å². The average molecular weight is 420 g/mol. The third kappa shape index (κ3) is 4.09. The van der Waals surface area contributed by atoms with Crippen molar-refractivity contribution in [1.29, 1.82) is 0 Å². The summed E-state index contributed by atoms with van der Waals surface area (Å²) in [4.78, 5) is 15.1. The van der Waals surface area contributed by atoms with E-state index in [-0.39, 0.29) is 18.4 Å². The van der Waals surface area contributed by atoms with E-state index in [2.05, 4.69) is 10.2 Å². The van der Waals surface area contributed by atoms with E-state index in [1.165, 1.54) is 34.2 Å². The minimum absolute atomic E-state index is 0.111. The van der Waals surface area contributed by atoms with Gasteiger partial charge >= 0.3 is 0 Å². The van der Waals surface area contributed by atoms with Crippen LogP contribution < -0.4 is 10.2 Å². The molecule has 2 aliphatic rings. The van der Waals surface area contributed by atoms with E-state index in [0.717, 1.165) is 18.8 Å². The largest absolute Gasteiger partial charge is 0.372 e. The number of thiophene rings is 1. The molecular formula is C20H25N3O3S2. The summed E-state index contributed by atoms with van der Waals surface area (Å²) in [7, 11) is -3.51. The van der Waals surface area contributed by atoms with Gasteiger partial charge in [-0.25, -0.2) is 8.42 Å². The summed E-state index contributed by atoms with van der Waals surface area (Å²) in [6.07, 6.45) is 3.85. The number of benzene rings is 1. The van der Waals surface area contributed by atoms with Gasteiger partial charge in [-0.05, 0) is 61.4 Å². The number of sulfonamides is 1. The van der Waals surface area contributed by atoms with Crippen LogP contribution in [0, 0.1) is 5.92 Å². The number of rotatable bonds is 5. The third-order valence-electron chi connectivity index (χ3n) is 5.45. The van der Waals surface area contributed by atoms with Crippen molar-refractivity contribution in [2.45, 2.75) is 29.9 Å². The maximum Gasteiger partial charge on any atom is 0.252 e. The predicted molar refractivity (Wildman–Crippen MR) is 112 cm³/mol. The first kappa shape index (κ1) is 19.4. The van der Waals surface area contributed by atoms with Crippen LogP contribution >= 0.6 is 11.3 Å². The molecule has 1 N–H and O–H groups in total. The lowest BCUT2D eigenvalue weighted by Gasteiger charge is -2.30. The first-order valence-corrected chi connectivity index (χ1v) is 12.1. The maximum atomic E-state index is 12.7. The molecule has 2 saturated heterocycles. The van der Waals surface area contributed by atoms with E-state index in [1.54, 1.807) is 17.5 Å². The number of carbonyl (C=O) groups is 1. The van der Waals surface area contributed by atoms with Crippen LogP contribution in [0.25, 0.3) is 0 Å². The first-order valence-electron chi connectivity index (χ1n) is 9.73. The van der Waals surface area contributed by atoms with Gasteiger partial charge < -0.3 is 10.2 Å². The van der Waals surface area contributed by atoms with Crippen molar-refractivity contribution in [2.24, 2.45) is 5.92 Å². The molecule has 2 fully saturated rings. The summed E-state index contributed by atoms with van der Waals surface area (Å²) in [5, 5.41) is 4.72. The van der Waals surface area contributed by atoms with Crippen LogP contribution in [-0.4, -0.2) is 44.8 Å². The van der Waals surface area contributed by atoms with Crippen molar-refractivity contribution in [1.82, 2.24) is 4.31 Å². The molecule has 0 aliphatic carbocycles. The lowest BCUT2D eigenvalue weighted by atomic mass is 9.98. The SMILES string of the molecule is O=C(Nc1ccc(N2CCCC2)cc1)C1CCCN(S(=O)(=O)c2cccs2)C1. The second-order valence-corrected chi connectivity index (χ2v) is 10.5. The highest BCUT2D eigenvalue weighted by Crippen LogP contribution is 2.27. The fourth-order valence-corrected chi connectivity index (χ4v) is 6.56. The molecule has 4 rings (SSSR count). The van der Waals surface area contributed by atoms with Crippen molar-refractivity contribution in [3.63, 3.8) is 0 Å². The van der Waals surface area contributed by atoms with Gasteiger partial charge in [0.15, 0.2) is 0 Å². The van der Waals surface area contributed by atoms with Gasteiger partial charge in [-0.1, -0.05) is 6.07 Å². The standard InChI is InChI=1S/C20H25N3O3S2/c24-20(21-17-7-9-18(10-8-17)22-11-1-2-12-22)16-5-3-13-23(15-16)28(25,26)19-6-4-14-27-19/h4,6-10,14,16H,1-3,5,11-13,15H2,(H,21,24). The Hall–Kier alpha value is -1.90. The quantitative estimate of drug-likeness (QED) is 0.807. The topological polar surface area (TPSA) is 69.7 Å². The van der Waals surface area contributed by atoms with Gasteiger partial charge in [0.2, 0.25) is 5.91 Å². The molecule has 1 aromatic heterocycles. The number of anilines is 2. The molecule has 0 saturated carbocycles. The van der Waals surface area contributed by atoms with Crippen molar-refractivity contribution >= 4 is 38.6 Å². The molecule has 3 heterocycles.